The zero-order valence-electron chi connectivity index (χ0n) is 16.0. The molecular weight excluding hydrogens is 376 g/mol. The first kappa shape index (κ1) is 20.2. The van der Waals surface area contributed by atoms with E-state index in [-0.39, 0.29) is 24.8 Å². The van der Waals surface area contributed by atoms with Crippen LogP contribution in [0.4, 0.5) is 5.69 Å². The second kappa shape index (κ2) is 9.09. The van der Waals surface area contributed by atoms with Gasteiger partial charge in [-0.2, -0.15) is 0 Å². The lowest BCUT2D eigenvalue weighted by Gasteiger charge is -2.17. The van der Waals surface area contributed by atoms with Crippen LogP contribution in [0, 0.1) is 5.92 Å². The van der Waals surface area contributed by atoms with Gasteiger partial charge in [0.1, 0.15) is 11.5 Å². The molecule has 0 radical (unpaired) electrons. The number of carboxylic acids is 1. The van der Waals surface area contributed by atoms with Gasteiger partial charge in [-0.05, 0) is 42.0 Å². The average molecular weight is 398 g/mol. The van der Waals surface area contributed by atoms with Gasteiger partial charge in [0.25, 0.3) is 0 Å². The van der Waals surface area contributed by atoms with Gasteiger partial charge in [-0.15, -0.1) is 0 Å². The second-order valence-corrected chi connectivity index (χ2v) is 6.65. The summed E-state index contributed by atoms with van der Waals surface area (Å²) in [6, 6.07) is 14.0. The van der Waals surface area contributed by atoms with E-state index in [1.807, 2.05) is 0 Å². The van der Waals surface area contributed by atoms with Crippen molar-refractivity contribution in [2.45, 2.75) is 13.0 Å². The number of hydrogen-bond donors (Lipinski definition) is 2. The lowest BCUT2D eigenvalue weighted by Crippen LogP contribution is -2.32. The number of hydrogen-bond acceptors (Lipinski definition) is 5. The maximum atomic E-state index is 12.5. The minimum atomic E-state index is -1.06. The minimum Gasteiger partial charge on any atom is -0.497 e. The van der Waals surface area contributed by atoms with Crippen molar-refractivity contribution in [3.05, 3.63) is 54.1 Å². The first-order valence-electron chi connectivity index (χ1n) is 9.12. The van der Waals surface area contributed by atoms with Crippen molar-refractivity contribution in [2.75, 3.05) is 25.2 Å². The molecule has 152 valence electrons. The van der Waals surface area contributed by atoms with Gasteiger partial charge < -0.3 is 24.8 Å². The van der Waals surface area contributed by atoms with E-state index < -0.39 is 18.5 Å². The van der Waals surface area contributed by atoms with Crippen molar-refractivity contribution < 1.29 is 29.0 Å². The fraction of sp³-hybridized carbons (Fsp3) is 0.286. The Labute approximate surface area is 168 Å². The lowest BCUT2D eigenvalue weighted by atomic mass is 10.1. The van der Waals surface area contributed by atoms with Crippen molar-refractivity contribution in [2.24, 2.45) is 5.92 Å². The van der Waals surface area contributed by atoms with Crippen LogP contribution in [0.15, 0.2) is 48.5 Å². The van der Waals surface area contributed by atoms with Crippen LogP contribution in [0.2, 0.25) is 0 Å². The largest absolute Gasteiger partial charge is 0.497 e. The molecule has 3 rings (SSSR count). The van der Waals surface area contributed by atoms with Gasteiger partial charge in [-0.3, -0.25) is 9.59 Å². The Morgan fingerprint density at radius 2 is 1.93 bits per heavy atom. The molecule has 1 aliphatic heterocycles. The molecular formula is C21H22N2O6. The van der Waals surface area contributed by atoms with Crippen LogP contribution < -0.4 is 19.7 Å². The smallest absolute Gasteiger partial charge is 0.341 e. The first-order chi connectivity index (χ1) is 14.0. The van der Waals surface area contributed by atoms with Crippen LogP contribution in [0.25, 0.3) is 0 Å². The Morgan fingerprint density at radius 1 is 1.17 bits per heavy atom. The summed E-state index contributed by atoms with van der Waals surface area (Å²) in [5, 5.41) is 11.5. The summed E-state index contributed by atoms with van der Waals surface area (Å²) in [6.45, 7) is 0.149. The number of anilines is 1. The van der Waals surface area contributed by atoms with Crippen LogP contribution in [-0.2, 0) is 20.9 Å². The average Bonchev–Trinajstić information content (AvgIpc) is 3.12. The Bertz CT molecular complexity index is 896. The SMILES string of the molecule is COc1ccc(N2CC(C(=O)NCc3cccc(OCC(=O)O)c3)CC2=O)cc1. The maximum absolute atomic E-state index is 12.5. The molecule has 8 nitrogen and oxygen atoms in total. The van der Waals surface area contributed by atoms with Crippen molar-refractivity contribution in [3.8, 4) is 11.5 Å². The summed E-state index contributed by atoms with van der Waals surface area (Å²) in [5.74, 6) is -0.678. The zero-order valence-corrected chi connectivity index (χ0v) is 16.0. The highest BCUT2D eigenvalue weighted by atomic mass is 16.5. The van der Waals surface area contributed by atoms with E-state index in [0.29, 0.717) is 18.0 Å². The number of carbonyl (C=O) groups is 3. The van der Waals surface area contributed by atoms with Gasteiger partial charge in [0.15, 0.2) is 6.61 Å². The fourth-order valence-corrected chi connectivity index (χ4v) is 3.12. The molecule has 1 heterocycles. The third-order valence-corrected chi connectivity index (χ3v) is 4.61. The summed E-state index contributed by atoms with van der Waals surface area (Å²) in [7, 11) is 1.57. The predicted molar refractivity (Wildman–Crippen MR) is 105 cm³/mol. The molecule has 1 fully saturated rings. The fourth-order valence-electron chi connectivity index (χ4n) is 3.12. The van der Waals surface area contributed by atoms with Crippen molar-refractivity contribution in [3.63, 3.8) is 0 Å². The molecule has 2 amide bonds. The molecule has 2 N–H and O–H groups in total. The number of benzene rings is 2. The molecule has 0 aromatic heterocycles. The molecule has 0 spiro atoms. The number of nitrogens with one attached hydrogen (secondary N) is 1. The van der Waals surface area contributed by atoms with Gasteiger partial charge in [0.2, 0.25) is 11.8 Å². The normalized spacial score (nSPS) is 15.8. The standard InChI is InChI=1S/C21H22N2O6/c1-28-17-7-5-16(6-8-17)23-12-15(10-19(23)24)21(27)22-11-14-3-2-4-18(9-14)29-13-20(25)26/h2-9,15H,10-13H2,1H3,(H,22,27)(H,25,26). The molecule has 0 aliphatic carbocycles. The summed E-state index contributed by atoms with van der Waals surface area (Å²) in [5.41, 5.74) is 1.51. The molecule has 1 aliphatic rings. The van der Waals surface area contributed by atoms with E-state index in [0.717, 1.165) is 11.3 Å². The van der Waals surface area contributed by atoms with Gasteiger partial charge in [-0.1, -0.05) is 12.1 Å². The Kier molecular flexibility index (Phi) is 6.33. The highest BCUT2D eigenvalue weighted by Crippen LogP contribution is 2.27. The number of aliphatic carboxylic acids is 1. The Hall–Kier alpha value is -3.55. The maximum Gasteiger partial charge on any atom is 0.341 e. The number of ether oxygens (including phenoxy) is 2. The van der Waals surface area contributed by atoms with Crippen LogP contribution in [0.1, 0.15) is 12.0 Å². The van der Waals surface area contributed by atoms with Gasteiger partial charge in [0.05, 0.1) is 13.0 Å². The summed E-state index contributed by atoms with van der Waals surface area (Å²) in [4.78, 5) is 37.1. The second-order valence-electron chi connectivity index (χ2n) is 6.65. The van der Waals surface area contributed by atoms with Gasteiger partial charge in [0, 0.05) is 25.2 Å². The third kappa shape index (κ3) is 5.25. The number of carboxylic acid groups (broad SMARTS) is 1. The van der Waals surface area contributed by atoms with Crippen molar-refractivity contribution in [1.82, 2.24) is 5.32 Å². The molecule has 0 bridgehead atoms. The molecule has 1 atom stereocenters. The number of methoxy groups -OCH3 is 1. The summed E-state index contributed by atoms with van der Waals surface area (Å²) in [6.07, 6.45) is 0.152. The summed E-state index contributed by atoms with van der Waals surface area (Å²) < 4.78 is 10.3. The molecule has 1 unspecified atom stereocenters. The van der Waals surface area contributed by atoms with Crippen LogP contribution in [-0.4, -0.2) is 43.2 Å². The minimum absolute atomic E-state index is 0.0978. The van der Waals surface area contributed by atoms with E-state index >= 15 is 0 Å². The molecule has 0 saturated carbocycles. The van der Waals surface area contributed by atoms with Crippen molar-refractivity contribution >= 4 is 23.5 Å². The van der Waals surface area contributed by atoms with E-state index in [1.165, 1.54) is 0 Å². The molecule has 2 aromatic rings. The van der Waals surface area contributed by atoms with Crippen LogP contribution in [0.3, 0.4) is 0 Å². The summed E-state index contributed by atoms with van der Waals surface area (Å²) >= 11 is 0. The van der Waals surface area contributed by atoms with E-state index in [4.69, 9.17) is 14.6 Å². The molecule has 8 heteroatoms. The Morgan fingerprint density at radius 3 is 2.62 bits per heavy atom. The van der Waals surface area contributed by atoms with E-state index in [2.05, 4.69) is 5.32 Å². The molecule has 1 saturated heterocycles. The number of rotatable bonds is 8. The van der Waals surface area contributed by atoms with Crippen LogP contribution in [0.5, 0.6) is 11.5 Å². The highest BCUT2D eigenvalue weighted by Gasteiger charge is 2.35. The zero-order chi connectivity index (χ0) is 20.8. The number of carbonyl (C=O) groups excluding carboxylic acids is 2. The quantitative estimate of drug-likeness (QED) is 0.703. The highest BCUT2D eigenvalue weighted by molar-refractivity contribution is 6.00. The topological polar surface area (TPSA) is 105 Å². The van der Waals surface area contributed by atoms with Crippen molar-refractivity contribution in [1.29, 1.82) is 0 Å². The van der Waals surface area contributed by atoms with Gasteiger partial charge >= 0.3 is 5.97 Å². The Balaban J connectivity index is 1.55. The van der Waals surface area contributed by atoms with E-state index in [1.54, 1.807) is 60.5 Å². The van der Waals surface area contributed by atoms with Gasteiger partial charge in [-0.25, -0.2) is 4.79 Å². The van der Waals surface area contributed by atoms with E-state index in [9.17, 15) is 14.4 Å². The first-order valence-corrected chi connectivity index (χ1v) is 9.12. The van der Waals surface area contributed by atoms with Crippen LogP contribution >= 0.6 is 0 Å². The molecule has 29 heavy (non-hydrogen) atoms. The molecule has 2 aromatic carbocycles. The predicted octanol–water partition coefficient (Wildman–Crippen LogP) is 1.83. The monoisotopic (exact) mass is 398 g/mol. The number of nitrogens with zero attached hydrogens (tertiary/aromatic N) is 1. The third-order valence-electron chi connectivity index (χ3n) is 4.61. The lowest BCUT2D eigenvalue weighted by molar-refractivity contribution is -0.139. The number of amides is 2.